The van der Waals surface area contributed by atoms with Crippen LogP contribution < -0.4 is 5.73 Å². The Morgan fingerprint density at radius 1 is 1.39 bits per heavy atom. The summed E-state index contributed by atoms with van der Waals surface area (Å²) in [4.78, 5) is 10.4. The van der Waals surface area contributed by atoms with Crippen molar-refractivity contribution in [2.75, 3.05) is 18.8 Å². The van der Waals surface area contributed by atoms with Crippen LogP contribution >= 0.6 is 0 Å². The maximum Gasteiger partial charge on any atom is 0.303 e. The van der Waals surface area contributed by atoms with Crippen LogP contribution in [0.15, 0.2) is 0 Å². The van der Waals surface area contributed by atoms with Crippen molar-refractivity contribution in [3.63, 3.8) is 0 Å². The average molecular weight is 278 g/mol. The largest absolute Gasteiger partial charge is 0.481 e. The van der Waals surface area contributed by atoms with Crippen LogP contribution in [0.3, 0.4) is 0 Å². The zero-order chi connectivity index (χ0) is 13.6. The molecule has 1 atom stereocenters. The highest BCUT2D eigenvalue weighted by atomic mass is 32.2. The standard InChI is InChI=1S/C11H22N2O4S/c12-7-6-10-4-1-2-8-13(10)18(16,17)9-3-5-11(14)15/h10H,1-9,12H2,(H,14,15). The Balaban J connectivity index is 2.59. The zero-order valence-corrected chi connectivity index (χ0v) is 11.4. The fraction of sp³-hybridized carbons (Fsp3) is 0.909. The quantitative estimate of drug-likeness (QED) is 0.701. The van der Waals surface area contributed by atoms with Gasteiger partial charge in [-0.2, -0.15) is 4.31 Å². The summed E-state index contributed by atoms with van der Waals surface area (Å²) in [5.74, 6) is -1.04. The molecule has 18 heavy (non-hydrogen) atoms. The topological polar surface area (TPSA) is 101 Å². The van der Waals surface area contributed by atoms with Crippen molar-refractivity contribution in [1.29, 1.82) is 0 Å². The van der Waals surface area contributed by atoms with E-state index in [9.17, 15) is 13.2 Å². The number of carboxylic acids is 1. The molecule has 0 saturated carbocycles. The summed E-state index contributed by atoms with van der Waals surface area (Å²) in [5.41, 5.74) is 5.51. The van der Waals surface area contributed by atoms with Crippen LogP contribution in [-0.4, -0.2) is 48.7 Å². The number of nitrogens with zero attached hydrogens (tertiary/aromatic N) is 1. The van der Waals surface area contributed by atoms with Crippen molar-refractivity contribution in [1.82, 2.24) is 4.31 Å². The summed E-state index contributed by atoms with van der Waals surface area (Å²) in [6, 6.07) is -0.00132. The van der Waals surface area contributed by atoms with Gasteiger partial charge in [-0.25, -0.2) is 8.42 Å². The molecule has 0 spiro atoms. The summed E-state index contributed by atoms with van der Waals surface area (Å²) >= 11 is 0. The van der Waals surface area contributed by atoms with E-state index >= 15 is 0 Å². The Bertz CT molecular complexity index is 367. The van der Waals surface area contributed by atoms with Gasteiger partial charge in [0.1, 0.15) is 0 Å². The molecular formula is C11H22N2O4S. The fourth-order valence-electron chi connectivity index (χ4n) is 2.34. The zero-order valence-electron chi connectivity index (χ0n) is 10.5. The number of hydrogen-bond acceptors (Lipinski definition) is 4. The van der Waals surface area contributed by atoms with Crippen LogP contribution in [0.4, 0.5) is 0 Å². The van der Waals surface area contributed by atoms with E-state index in [0.717, 1.165) is 19.3 Å². The molecular weight excluding hydrogens is 256 g/mol. The number of sulfonamides is 1. The van der Waals surface area contributed by atoms with Gasteiger partial charge >= 0.3 is 5.97 Å². The first-order chi connectivity index (χ1) is 8.47. The van der Waals surface area contributed by atoms with E-state index in [-0.39, 0.29) is 24.6 Å². The van der Waals surface area contributed by atoms with E-state index in [1.165, 1.54) is 4.31 Å². The highest BCUT2D eigenvalue weighted by molar-refractivity contribution is 7.89. The van der Waals surface area contributed by atoms with Crippen molar-refractivity contribution in [2.24, 2.45) is 5.73 Å². The Morgan fingerprint density at radius 2 is 2.11 bits per heavy atom. The lowest BCUT2D eigenvalue weighted by Gasteiger charge is -2.34. The molecule has 3 N–H and O–H groups in total. The third kappa shape index (κ3) is 4.55. The molecule has 0 aromatic carbocycles. The molecule has 1 aliphatic heterocycles. The van der Waals surface area contributed by atoms with Gasteiger partial charge in [-0.1, -0.05) is 6.42 Å². The van der Waals surface area contributed by atoms with Gasteiger partial charge in [0, 0.05) is 19.0 Å². The normalized spacial score (nSPS) is 21.9. The summed E-state index contributed by atoms with van der Waals surface area (Å²) in [5, 5.41) is 8.53. The van der Waals surface area contributed by atoms with Gasteiger partial charge < -0.3 is 10.8 Å². The van der Waals surface area contributed by atoms with Crippen molar-refractivity contribution < 1.29 is 18.3 Å². The molecule has 1 unspecified atom stereocenters. The fourth-order valence-corrected chi connectivity index (χ4v) is 4.16. The van der Waals surface area contributed by atoms with Crippen molar-refractivity contribution in [3.05, 3.63) is 0 Å². The molecule has 1 fully saturated rings. The maximum atomic E-state index is 12.1. The molecule has 0 amide bonds. The molecule has 7 heteroatoms. The van der Waals surface area contributed by atoms with Gasteiger partial charge in [-0.15, -0.1) is 0 Å². The molecule has 1 saturated heterocycles. The minimum absolute atomic E-state index is 0.00132. The predicted octanol–water partition coefficient (Wildman–Crippen LogP) is 0.384. The molecule has 106 valence electrons. The van der Waals surface area contributed by atoms with Gasteiger partial charge in [-0.05, 0) is 32.2 Å². The van der Waals surface area contributed by atoms with Crippen molar-refractivity contribution >= 4 is 16.0 Å². The first kappa shape index (κ1) is 15.4. The lowest BCUT2D eigenvalue weighted by Crippen LogP contribution is -2.45. The van der Waals surface area contributed by atoms with E-state index in [1.54, 1.807) is 0 Å². The Morgan fingerprint density at radius 3 is 2.72 bits per heavy atom. The number of hydrogen-bond donors (Lipinski definition) is 2. The van der Waals surface area contributed by atoms with E-state index in [0.29, 0.717) is 19.5 Å². The lowest BCUT2D eigenvalue weighted by molar-refractivity contribution is -0.137. The predicted molar refractivity (Wildman–Crippen MR) is 68.7 cm³/mol. The third-order valence-corrected chi connectivity index (χ3v) is 5.22. The van der Waals surface area contributed by atoms with Crippen molar-refractivity contribution in [2.45, 2.75) is 44.6 Å². The molecule has 1 heterocycles. The number of aliphatic carboxylic acids is 1. The van der Waals surface area contributed by atoms with Gasteiger partial charge in [0.15, 0.2) is 0 Å². The van der Waals surface area contributed by atoms with Crippen LogP contribution in [-0.2, 0) is 14.8 Å². The highest BCUT2D eigenvalue weighted by Gasteiger charge is 2.31. The smallest absolute Gasteiger partial charge is 0.303 e. The van der Waals surface area contributed by atoms with Crippen molar-refractivity contribution in [3.8, 4) is 0 Å². The van der Waals surface area contributed by atoms with Crippen LogP contribution in [0.1, 0.15) is 38.5 Å². The number of carboxylic acid groups (broad SMARTS) is 1. The number of piperidine rings is 1. The highest BCUT2D eigenvalue weighted by Crippen LogP contribution is 2.23. The number of nitrogens with two attached hydrogens (primary N) is 1. The lowest BCUT2D eigenvalue weighted by atomic mass is 10.0. The second kappa shape index (κ2) is 7.06. The first-order valence-electron chi connectivity index (χ1n) is 6.39. The molecule has 6 nitrogen and oxygen atoms in total. The minimum Gasteiger partial charge on any atom is -0.481 e. The molecule has 0 bridgehead atoms. The second-order valence-electron chi connectivity index (χ2n) is 4.65. The Hall–Kier alpha value is -0.660. The second-order valence-corrected chi connectivity index (χ2v) is 6.69. The van der Waals surface area contributed by atoms with Crippen LogP contribution in [0.2, 0.25) is 0 Å². The monoisotopic (exact) mass is 278 g/mol. The number of carbonyl (C=O) groups is 1. The van der Waals surface area contributed by atoms with Gasteiger partial charge in [0.05, 0.1) is 5.75 Å². The first-order valence-corrected chi connectivity index (χ1v) is 7.99. The summed E-state index contributed by atoms with van der Waals surface area (Å²) in [7, 11) is -3.34. The van der Waals surface area contributed by atoms with Crippen LogP contribution in [0.5, 0.6) is 0 Å². The SMILES string of the molecule is NCCC1CCCCN1S(=O)(=O)CCCC(=O)O. The molecule has 0 aromatic heterocycles. The molecule has 1 rings (SSSR count). The van der Waals surface area contributed by atoms with Gasteiger partial charge in [-0.3, -0.25) is 4.79 Å². The summed E-state index contributed by atoms with van der Waals surface area (Å²) in [6.45, 7) is 1.02. The van der Waals surface area contributed by atoms with Gasteiger partial charge in [0.25, 0.3) is 0 Å². The maximum absolute atomic E-state index is 12.1. The summed E-state index contributed by atoms with van der Waals surface area (Å²) in [6.07, 6.45) is 3.51. The molecule has 0 aliphatic carbocycles. The Kier molecular flexibility index (Phi) is 6.04. The van der Waals surface area contributed by atoms with Crippen LogP contribution in [0, 0.1) is 0 Å². The summed E-state index contributed by atoms with van der Waals surface area (Å²) < 4.78 is 25.8. The molecule has 0 aromatic rings. The van der Waals surface area contributed by atoms with E-state index < -0.39 is 16.0 Å². The Labute approximate surface area is 108 Å². The van der Waals surface area contributed by atoms with E-state index in [2.05, 4.69) is 0 Å². The molecule has 1 aliphatic rings. The third-order valence-electron chi connectivity index (χ3n) is 3.22. The van der Waals surface area contributed by atoms with E-state index in [4.69, 9.17) is 10.8 Å². The minimum atomic E-state index is -3.34. The average Bonchev–Trinajstić information content (AvgIpc) is 2.29. The number of rotatable bonds is 7. The molecule has 0 radical (unpaired) electrons. The van der Waals surface area contributed by atoms with Gasteiger partial charge in [0.2, 0.25) is 10.0 Å². The van der Waals surface area contributed by atoms with Crippen LogP contribution in [0.25, 0.3) is 0 Å². The van der Waals surface area contributed by atoms with E-state index in [1.807, 2.05) is 0 Å².